The standard InChI is InChI=1S/C44H76NO8P/c1-6-8-10-12-14-16-18-20-22-24-26-28-30-32-34-36-43(46)50-40-42(41-52-54(48,49)51-39-38-45(3,4)5)53-44(47)37-35-33-31-29-27-25-23-21-19-17-15-13-11-9-7-2/h8,10,14,16,20-23,26-29,42H,6-7,9,11-13,15,17-19,24-25,30-41H2,1-5H3/p+1/b10-8+,16-14+,22-20+,23-21+,28-26+,29-27+/t42-/m1/s1. The van der Waals surface area contributed by atoms with Crippen LogP contribution in [0.5, 0.6) is 0 Å². The lowest BCUT2D eigenvalue weighted by molar-refractivity contribution is -0.870. The van der Waals surface area contributed by atoms with E-state index >= 15 is 0 Å². The van der Waals surface area contributed by atoms with Crippen LogP contribution in [0.25, 0.3) is 0 Å². The van der Waals surface area contributed by atoms with Gasteiger partial charge in [0.15, 0.2) is 6.10 Å². The molecular formula is C44H77NO8P+. The first kappa shape index (κ1) is 51.5. The van der Waals surface area contributed by atoms with Gasteiger partial charge in [-0.05, 0) is 83.5 Å². The maximum absolute atomic E-state index is 12.6. The van der Waals surface area contributed by atoms with Crippen molar-refractivity contribution in [2.24, 2.45) is 0 Å². The van der Waals surface area contributed by atoms with Crippen LogP contribution in [0.1, 0.15) is 142 Å². The molecule has 0 saturated carbocycles. The van der Waals surface area contributed by atoms with Gasteiger partial charge < -0.3 is 18.9 Å². The number of hydrogen-bond acceptors (Lipinski definition) is 7. The quantitative estimate of drug-likeness (QED) is 0.0220. The third-order valence-electron chi connectivity index (χ3n) is 8.22. The van der Waals surface area contributed by atoms with Crippen LogP contribution in [0.2, 0.25) is 0 Å². The third kappa shape index (κ3) is 39.2. The van der Waals surface area contributed by atoms with Crippen molar-refractivity contribution in [1.82, 2.24) is 0 Å². The van der Waals surface area contributed by atoms with Crippen LogP contribution in [0.4, 0.5) is 0 Å². The Morgan fingerprint density at radius 2 is 1.06 bits per heavy atom. The zero-order valence-electron chi connectivity index (χ0n) is 34.7. The molecule has 1 N–H and O–H groups in total. The molecule has 10 heteroatoms. The smallest absolute Gasteiger partial charge is 0.462 e. The summed E-state index contributed by atoms with van der Waals surface area (Å²) in [6.07, 6.45) is 43.9. The number of quaternary nitrogens is 1. The highest BCUT2D eigenvalue weighted by molar-refractivity contribution is 7.47. The summed E-state index contributed by atoms with van der Waals surface area (Å²) in [5, 5.41) is 0. The van der Waals surface area contributed by atoms with Gasteiger partial charge in [-0.25, -0.2) is 4.57 Å². The summed E-state index contributed by atoms with van der Waals surface area (Å²) >= 11 is 0. The van der Waals surface area contributed by atoms with Crippen molar-refractivity contribution in [1.29, 1.82) is 0 Å². The van der Waals surface area contributed by atoms with Gasteiger partial charge in [0.05, 0.1) is 27.7 Å². The van der Waals surface area contributed by atoms with Gasteiger partial charge in [0.2, 0.25) is 0 Å². The second kappa shape index (κ2) is 36.1. The molecule has 310 valence electrons. The topological polar surface area (TPSA) is 108 Å². The van der Waals surface area contributed by atoms with Gasteiger partial charge in [-0.2, -0.15) is 0 Å². The zero-order valence-corrected chi connectivity index (χ0v) is 35.6. The highest BCUT2D eigenvalue weighted by Gasteiger charge is 2.27. The van der Waals surface area contributed by atoms with Crippen molar-refractivity contribution in [2.45, 2.75) is 148 Å². The summed E-state index contributed by atoms with van der Waals surface area (Å²) < 4.78 is 34.1. The minimum atomic E-state index is -4.39. The van der Waals surface area contributed by atoms with Gasteiger partial charge in [-0.1, -0.05) is 119 Å². The molecule has 54 heavy (non-hydrogen) atoms. The number of carbonyl (C=O) groups excluding carboxylic acids is 2. The maximum atomic E-state index is 12.6. The number of hydrogen-bond donors (Lipinski definition) is 1. The summed E-state index contributed by atoms with van der Waals surface area (Å²) in [6, 6.07) is 0. The van der Waals surface area contributed by atoms with Gasteiger partial charge in [0, 0.05) is 12.8 Å². The number of allylic oxidation sites excluding steroid dienone is 12. The first-order chi connectivity index (χ1) is 26.0. The van der Waals surface area contributed by atoms with Crippen LogP contribution in [0.15, 0.2) is 72.9 Å². The Labute approximate surface area is 329 Å². The Bertz CT molecular complexity index is 1150. The molecule has 0 aromatic heterocycles. The predicted molar refractivity (Wildman–Crippen MR) is 224 cm³/mol. The highest BCUT2D eigenvalue weighted by atomic mass is 31.2. The van der Waals surface area contributed by atoms with Crippen molar-refractivity contribution < 1.29 is 42.1 Å². The highest BCUT2D eigenvalue weighted by Crippen LogP contribution is 2.43. The molecule has 0 aliphatic rings. The number of carbonyl (C=O) groups is 2. The Balaban J connectivity index is 4.54. The number of phosphoric ester groups is 1. The lowest BCUT2D eigenvalue weighted by atomic mass is 10.1. The number of unbranched alkanes of at least 4 members (excludes halogenated alkanes) is 10. The van der Waals surface area contributed by atoms with Gasteiger partial charge in [0.1, 0.15) is 19.8 Å². The molecule has 0 radical (unpaired) electrons. The van der Waals surface area contributed by atoms with Crippen molar-refractivity contribution in [2.75, 3.05) is 47.5 Å². The van der Waals surface area contributed by atoms with Crippen LogP contribution >= 0.6 is 7.82 Å². The van der Waals surface area contributed by atoms with Gasteiger partial charge in [-0.3, -0.25) is 18.6 Å². The molecule has 0 amide bonds. The molecule has 0 saturated heterocycles. The Kier molecular flexibility index (Phi) is 34.4. The number of ether oxygens (including phenoxy) is 2. The molecule has 0 heterocycles. The molecule has 2 atom stereocenters. The second-order valence-corrected chi connectivity index (χ2v) is 16.1. The summed E-state index contributed by atoms with van der Waals surface area (Å²) in [7, 11) is 1.42. The van der Waals surface area contributed by atoms with Gasteiger partial charge in [0.25, 0.3) is 0 Å². The predicted octanol–water partition coefficient (Wildman–Crippen LogP) is 11.5. The average Bonchev–Trinajstić information content (AvgIpc) is 3.12. The normalized spacial score (nSPS) is 14.4. The first-order valence-electron chi connectivity index (χ1n) is 20.7. The number of esters is 2. The lowest BCUT2D eigenvalue weighted by Gasteiger charge is -2.24. The zero-order chi connectivity index (χ0) is 40.0. The largest absolute Gasteiger partial charge is 0.472 e. The molecule has 0 spiro atoms. The van der Waals surface area contributed by atoms with Crippen molar-refractivity contribution in [3.63, 3.8) is 0 Å². The number of nitrogens with zero attached hydrogens (tertiary/aromatic N) is 1. The van der Waals surface area contributed by atoms with Gasteiger partial charge >= 0.3 is 19.8 Å². The van der Waals surface area contributed by atoms with Crippen LogP contribution in [-0.2, 0) is 32.7 Å². The van der Waals surface area contributed by atoms with Crippen molar-refractivity contribution in [3.05, 3.63) is 72.9 Å². The molecule has 0 fully saturated rings. The average molecular weight is 779 g/mol. The van der Waals surface area contributed by atoms with E-state index < -0.39 is 32.5 Å². The number of likely N-dealkylation sites (N-methyl/N-ethyl adjacent to an activating group) is 1. The van der Waals surface area contributed by atoms with Gasteiger partial charge in [-0.15, -0.1) is 0 Å². The maximum Gasteiger partial charge on any atom is 0.472 e. The third-order valence-corrected chi connectivity index (χ3v) is 9.20. The second-order valence-electron chi connectivity index (χ2n) is 14.6. The van der Waals surface area contributed by atoms with Crippen LogP contribution in [-0.4, -0.2) is 74.9 Å². The SMILES string of the molecule is CC/C=C/C/C=C/C/C=C/C/C=C/CCCCC(=O)OC[C@H](COP(=O)(O)OCC[N+](C)(C)C)OC(=O)CCCC/C=C/C/C=C/CCCCCCCC. The molecule has 0 bridgehead atoms. The summed E-state index contributed by atoms with van der Waals surface area (Å²) in [5.74, 6) is -0.894. The molecular weight excluding hydrogens is 701 g/mol. The minimum absolute atomic E-state index is 0.0154. The van der Waals surface area contributed by atoms with E-state index in [9.17, 15) is 19.0 Å². The summed E-state index contributed by atoms with van der Waals surface area (Å²) in [5.41, 5.74) is 0. The molecule has 0 aliphatic heterocycles. The molecule has 0 aliphatic carbocycles. The first-order valence-corrected chi connectivity index (χ1v) is 22.2. The summed E-state index contributed by atoms with van der Waals surface area (Å²) in [4.78, 5) is 35.3. The molecule has 0 aromatic carbocycles. The van der Waals surface area contributed by atoms with E-state index in [1.165, 1.54) is 38.5 Å². The lowest BCUT2D eigenvalue weighted by Crippen LogP contribution is -2.37. The Morgan fingerprint density at radius 3 is 1.57 bits per heavy atom. The molecule has 1 unspecified atom stereocenters. The molecule has 0 rings (SSSR count). The fourth-order valence-corrected chi connectivity index (χ4v) is 5.72. The van der Waals surface area contributed by atoms with E-state index in [1.54, 1.807) is 0 Å². The van der Waals surface area contributed by atoms with Crippen LogP contribution < -0.4 is 0 Å². The van der Waals surface area contributed by atoms with E-state index in [0.29, 0.717) is 23.9 Å². The summed E-state index contributed by atoms with van der Waals surface area (Å²) in [6.45, 7) is 4.18. The van der Waals surface area contributed by atoms with Crippen molar-refractivity contribution >= 4 is 19.8 Å². The molecule has 9 nitrogen and oxygen atoms in total. The molecule has 0 aromatic rings. The van der Waals surface area contributed by atoms with Crippen molar-refractivity contribution in [3.8, 4) is 0 Å². The van der Waals surface area contributed by atoms with Crippen LogP contribution in [0, 0.1) is 0 Å². The fraction of sp³-hybridized carbons (Fsp3) is 0.682. The van der Waals surface area contributed by atoms with Crippen LogP contribution in [0.3, 0.4) is 0 Å². The Morgan fingerprint density at radius 1 is 0.593 bits per heavy atom. The van der Waals surface area contributed by atoms with E-state index in [0.717, 1.165) is 64.2 Å². The Hall–Kier alpha value is -2.55. The minimum Gasteiger partial charge on any atom is -0.462 e. The van der Waals surface area contributed by atoms with E-state index in [1.807, 2.05) is 21.1 Å². The van der Waals surface area contributed by atoms with E-state index in [-0.39, 0.29) is 26.1 Å². The fourth-order valence-electron chi connectivity index (χ4n) is 4.97. The van der Waals surface area contributed by atoms with E-state index in [2.05, 4.69) is 86.8 Å². The van der Waals surface area contributed by atoms with E-state index in [4.69, 9.17) is 18.5 Å². The number of rotatable bonds is 36. The number of phosphoric acid groups is 1. The monoisotopic (exact) mass is 779 g/mol.